The van der Waals surface area contributed by atoms with Gasteiger partial charge < -0.3 is 15.8 Å². The number of benzene rings is 2. The summed E-state index contributed by atoms with van der Waals surface area (Å²) in [5.74, 6) is 1.35. The fraction of sp³-hybridized carbons (Fsp3) is 0.235. The van der Waals surface area contributed by atoms with Gasteiger partial charge in [-0.05, 0) is 29.7 Å². The monoisotopic (exact) mass is 411 g/mol. The van der Waals surface area contributed by atoms with E-state index in [4.69, 9.17) is 10.5 Å². The second kappa shape index (κ2) is 10.0. The van der Waals surface area contributed by atoms with Gasteiger partial charge in [0.2, 0.25) is 0 Å². The van der Waals surface area contributed by atoms with E-state index in [9.17, 15) is 0 Å². The van der Waals surface area contributed by atoms with E-state index in [0.717, 1.165) is 18.7 Å². The number of aliphatic imine (C=N–C) groups is 1. The Kier molecular flexibility index (Phi) is 8.35. The van der Waals surface area contributed by atoms with Crippen molar-refractivity contribution in [2.75, 3.05) is 13.6 Å². The van der Waals surface area contributed by atoms with Gasteiger partial charge in [-0.3, -0.25) is 4.99 Å². The minimum atomic E-state index is 0. The third kappa shape index (κ3) is 6.34. The van der Waals surface area contributed by atoms with E-state index in [2.05, 4.69) is 34.6 Å². The first-order valence-corrected chi connectivity index (χ1v) is 7.00. The van der Waals surface area contributed by atoms with Crippen molar-refractivity contribution in [3.05, 3.63) is 65.7 Å². The highest BCUT2D eigenvalue weighted by atomic mass is 127. The standard InChI is InChI=1S/C17H21N3O.HI/c1-19-17(18)20-12-11-14-7-9-16(10-8-14)21-13-15-5-3-2-4-6-15;/h2-10H,11-13H2,1H3,(H3,18,19,20);1H. The second-order valence-electron chi connectivity index (χ2n) is 4.70. The summed E-state index contributed by atoms with van der Waals surface area (Å²) in [4.78, 5) is 3.85. The highest BCUT2D eigenvalue weighted by Crippen LogP contribution is 2.14. The molecular weight excluding hydrogens is 389 g/mol. The molecule has 0 radical (unpaired) electrons. The first kappa shape index (κ1) is 18.3. The summed E-state index contributed by atoms with van der Waals surface area (Å²) in [6, 6.07) is 18.3. The van der Waals surface area contributed by atoms with E-state index in [-0.39, 0.29) is 24.0 Å². The lowest BCUT2D eigenvalue weighted by molar-refractivity contribution is 0.306. The molecule has 0 saturated heterocycles. The number of nitrogens with one attached hydrogen (secondary N) is 1. The first-order valence-electron chi connectivity index (χ1n) is 7.00. The molecule has 0 bridgehead atoms. The fourth-order valence-electron chi connectivity index (χ4n) is 1.91. The zero-order valence-electron chi connectivity index (χ0n) is 12.7. The van der Waals surface area contributed by atoms with Gasteiger partial charge in [0.05, 0.1) is 0 Å². The molecule has 0 spiro atoms. The minimum absolute atomic E-state index is 0. The summed E-state index contributed by atoms with van der Waals surface area (Å²) in [5.41, 5.74) is 7.98. The molecule has 0 amide bonds. The van der Waals surface area contributed by atoms with Gasteiger partial charge in [-0.15, -0.1) is 24.0 Å². The molecule has 0 aliphatic carbocycles. The summed E-state index contributed by atoms with van der Waals surface area (Å²) in [6.07, 6.45) is 0.898. The average molecular weight is 411 g/mol. The summed E-state index contributed by atoms with van der Waals surface area (Å²) in [7, 11) is 1.67. The predicted molar refractivity (Wildman–Crippen MR) is 102 cm³/mol. The van der Waals surface area contributed by atoms with E-state index >= 15 is 0 Å². The molecule has 0 unspecified atom stereocenters. The smallest absolute Gasteiger partial charge is 0.188 e. The molecular formula is C17H22IN3O. The Balaban J connectivity index is 0.00000242. The van der Waals surface area contributed by atoms with Crippen LogP contribution in [0.2, 0.25) is 0 Å². The van der Waals surface area contributed by atoms with E-state index in [1.165, 1.54) is 11.1 Å². The molecule has 4 nitrogen and oxygen atoms in total. The second-order valence-corrected chi connectivity index (χ2v) is 4.70. The molecule has 0 heterocycles. The number of hydrogen-bond acceptors (Lipinski definition) is 2. The van der Waals surface area contributed by atoms with E-state index in [1.807, 2.05) is 30.3 Å². The van der Waals surface area contributed by atoms with Crippen LogP contribution in [0, 0.1) is 0 Å². The Bertz CT molecular complexity index is 570. The van der Waals surface area contributed by atoms with E-state index in [1.54, 1.807) is 7.05 Å². The van der Waals surface area contributed by atoms with Crippen molar-refractivity contribution < 1.29 is 4.74 Å². The molecule has 0 aliphatic heterocycles. The van der Waals surface area contributed by atoms with Gasteiger partial charge in [0.25, 0.3) is 0 Å². The molecule has 2 aromatic rings. The van der Waals surface area contributed by atoms with Crippen molar-refractivity contribution in [2.45, 2.75) is 13.0 Å². The molecule has 5 heteroatoms. The van der Waals surface area contributed by atoms with Crippen LogP contribution in [-0.4, -0.2) is 19.6 Å². The molecule has 2 rings (SSSR count). The largest absolute Gasteiger partial charge is 0.489 e. The van der Waals surface area contributed by atoms with Crippen molar-refractivity contribution in [1.82, 2.24) is 5.32 Å². The van der Waals surface area contributed by atoms with E-state index in [0.29, 0.717) is 12.6 Å². The maximum Gasteiger partial charge on any atom is 0.188 e. The molecule has 0 saturated carbocycles. The van der Waals surface area contributed by atoms with Crippen molar-refractivity contribution in [3.63, 3.8) is 0 Å². The molecule has 3 N–H and O–H groups in total. The van der Waals surface area contributed by atoms with Crippen LogP contribution in [0.3, 0.4) is 0 Å². The highest BCUT2D eigenvalue weighted by molar-refractivity contribution is 14.0. The number of halogens is 1. The summed E-state index contributed by atoms with van der Waals surface area (Å²) in [5, 5.41) is 3.04. The van der Waals surface area contributed by atoms with Crippen molar-refractivity contribution in [2.24, 2.45) is 10.7 Å². The quantitative estimate of drug-likeness (QED) is 0.437. The normalized spacial score (nSPS) is 10.7. The van der Waals surface area contributed by atoms with Crippen molar-refractivity contribution >= 4 is 29.9 Å². The number of rotatable bonds is 6. The van der Waals surface area contributed by atoms with Crippen LogP contribution < -0.4 is 15.8 Å². The number of nitrogens with zero attached hydrogens (tertiary/aromatic N) is 1. The van der Waals surface area contributed by atoms with Gasteiger partial charge in [-0.1, -0.05) is 42.5 Å². The summed E-state index contributed by atoms with van der Waals surface area (Å²) in [6.45, 7) is 1.36. The third-order valence-corrected chi connectivity index (χ3v) is 3.13. The number of nitrogens with two attached hydrogens (primary N) is 1. The molecule has 2 aromatic carbocycles. The fourth-order valence-corrected chi connectivity index (χ4v) is 1.91. The van der Waals surface area contributed by atoms with Crippen molar-refractivity contribution in [1.29, 1.82) is 0 Å². The van der Waals surface area contributed by atoms with Gasteiger partial charge in [-0.25, -0.2) is 0 Å². The maximum atomic E-state index is 5.75. The van der Waals surface area contributed by atoms with Crippen LogP contribution >= 0.6 is 24.0 Å². The number of ether oxygens (including phenoxy) is 1. The lowest BCUT2D eigenvalue weighted by atomic mass is 10.1. The molecule has 0 aromatic heterocycles. The lowest BCUT2D eigenvalue weighted by Gasteiger charge is -2.08. The number of hydrogen-bond donors (Lipinski definition) is 2. The summed E-state index contributed by atoms with van der Waals surface area (Å²) < 4.78 is 5.75. The Morgan fingerprint density at radius 3 is 2.36 bits per heavy atom. The Hall–Kier alpha value is -1.76. The topological polar surface area (TPSA) is 59.6 Å². The maximum absolute atomic E-state index is 5.75. The average Bonchev–Trinajstić information content (AvgIpc) is 2.55. The Morgan fingerprint density at radius 1 is 1.05 bits per heavy atom. The van der Waals surface area contributed by atoms with Gasteiger partial charge in [0, 0.05) is 13.6 Å². The van der Waals surface area contributed by atoms with Crippen LogP contribution in [0.5, 0.6) is 5.75 Å². The molecule has 118 valence electrons. The van der Waals surface area contributed by atoms with Gasteiger partial charge in [-0.2, -0.15) is 0 Å². The molecule has 0 atom stereocenters. The van der Waals surface area contributed by atoms with Crippen LogP contribution in [0.1, 0.15) is 11.1 Å². The van der Waals surface area contributed by atoms with Crippen molar-refractivity contribution in [3.8, 4) is 5.75 Å². The molecule has 0 fully saturated rings. The van der Waals surface area contributed by atoms with Crippen LogP contribution in [0.25, 0.3) is 0 Å². The summed E-state index contributed by atoms with van der Waals surface area (Å²) >= 11 is 0. The van der Waals surface area contributed by atoms with Gasteiger partial charge in [0.15, 0.2) is 5.96 Å². The molecule has 0 aliphatic rings. The van der Waals surface area contributed by atoms with Gasteiger partial charge >= 0.3 is 0 Å². The van der Waals surface area contributed by atoms with Crippen LogP contribution in [-0.2, 0) is 13.0 Å². The lowest BCUT2D eigenvalue weighted by Crippen LogP contribution is -2.32. The zero-order valence-corrected chi connectivity index (χ0v) is 15.0. The van der Waals surface area contributed by atoms with Crippen LogP contribution in [0.15, 0.2) is 59.6 Å². The number of guanidine groups is 1. The third-order valence-electron chi connectivity index (χ3n) is 3.13. The first-order chi connectivity index (χ1) is 10.3. The Morgan fingerprint density at radius 2 is 1.73 bits per heavy atom. The van der Waals surface area contributed by atoms with Gasteiger partial charge in [0.1, 0.15) is 12.4 Å². The molecule has 22 heavy (non-hydrogen) atoms. The SMILES string of the molecule is CN=C(N)NCCc1ccc(OCc2ccccc2)cc1.I. The van der Waals surface area contributed by atoms with E-state index < -0.39 is 0 Å². The predicted octanol–water partition coefficient (Wildman–Crippen LogP) is 2.96. The Labute approximate surface area is 148 Å². The van der Waals surface area contributed by atoms with Crippen LogP contribution in [0.4, 0.5) is 0 Å². The highest BCUT2D eigenvalue weighted by Gasteiger charge is 1.98. The minimum Gasteiger partial charge on any atom is -0.489 e. The zero-order chi connectivity index (χ0) is 14.9.